The van der Waals surface area contributed by atoms with E-state index < -0.39 is 5.97 Å². The molecule has 0 aliphatic heterocycles. The van der Waals surface area contributed by atoms with Crippen molar-refractivity contribution in [1.29, 1.82) is 0 Å². The summed E-state index contributed by atoms with van der Waals surface area (Å²) >= 11 is 5.64. The van der Waals surface area contributed by atoms with E-state index in [1.165, 1.54) is 7.11 Å². The molecule has 0 saturated heterocycles. The molecule has 1 aromatic rings. The van der Waals surface area contributed by atoms with E-state index in [-0.39, 0.29) is 0 Å². The Labute approximate surface area is 105 Å². The molecule has 0 aliphatic carbocycles. The first-order chi connectivity index (χ1) is 8.19. The number of hydrogen-bond donors (Lipinski definition) is 1. The fourth-order valence-corrected chi connectivity index (χ4v) is 2.02. The Morgan fingerprint density at radius 3 is 2.71 bits per heavy atom. The van der Waals surface area contributed by atoms with Crippen molar-refractivity contribution in [3.63, 3.8) is 0 Å². The Morgan fingerprint density at radius 1 is 1.53 bits per heavy atom. The van der Waals surface area contributed by atoms with Crippen molar-refractivity contribution in [3.8, 4) is 0 Å². The standard InChI is InChI=1S/C12H16ClNO3/c1-3-8-9(5-4-6-13)14-10(7-15)11(8)12(16)17-2/h7,14H,3-6H2,1-2H3. The molecule has 1 N–H and O–H groups in total. The van der Waals surface area contributed by atoms with Crippen molar-refractivity contribution in [2.75, 3.05) is 13.0 Å². The molecule has 5 heteroatoms. The lowest BCUT2D eigenvalue weighted by molar-refractivity contribution is 0.0597. The van der Waals surface area contributed by atoms with Crippen LogP contribution in [0.3, 0.4) is 0 Å². The zero-order chi connectivity index (χ0) is 12.8. The van der Waals surface area contributed by atoms with Crippen molar-refractivity contribution < 1.29 is 14.3 Å². The quantitative estimate of drug-likeness (QED) is 0.483. The van der Waals surface area contributed by atoms with Gasteiger partial charge in [-0.05, 0) is 24.8 Å². The molecule has 1 heterocycles. The fourth-order valence-electron chi connectivity index (χ4n) is 1.88. The molecule has 0 radical (unpaired) electrons. The maximum atomic E-state index is 11.6. The SMILES string of the molecule is CCc1c(CCCCl)[nH]c(C=O)c1C(=O)OC. The van der Waals surface area contributed by atoms with Crippen molar-refractivity contribution >= 4 is 23.9 Å². The van der Waals surface area contributed by atoms with E-state index in [1.54, 1.807) is 0 Å². The highest BCUT2D eigenvalue weighted by atomic mass is 35.5. The van der Waals surface area contributed by atoms with E-state index in [2.05, 4.69) is 4.98 Å². The number of aromatic nitrogens is 1. The third kappa shape index (κ3) is 2.88. The monoisotopic (exact) mass is 257 g/mol. The lowest BCUT2D eigenvalue weighted by Crippen LogP contribution is -2.06. The molecular weight excluding hydrogens is 242 g/mol. The van der Waals surface area contributed by atoms with Crippen LogP contribution in [-0.4, -0.2) is 30.2 Å². The van der Waals surface area contributed by atoms with E-state index in [9.17, 15) is 9.59 Å². The number of esters is 1. The van der Waals surface area contributed by atoms with Crippen LogP contribution < -0.4 is 0 Å². The Bertz CT molecular complexity index is 412. The molecular formula is C12H16ClNO3. The summed E-state index contributed by atoms with van der Waals surface area (Å²) in [5, 5.41) is 0. The Morgan fingerprint density at radius 2 is 2.24 bits per heavy atom. The lowest BCUT2D eigenvalue weighted by Gasteiger charge is -2.03. The van der Waals surface area contributed by atoms with E-state index >= 15 is 0 Å². The van der Waals surface area contributed by atoms with Gasteiger partial charge in [-0.3, -0.25) is 4.79 Å². The zero-order valence-electron chi connectivity index (χ0n) is 10.0. The first-order valence-electron chi connectivity index (χ1n) is 5.52. The number of carbonyl (C=O) groups is 2. The van der Waals surface area contributed by atoms with Gasteiger partial charge in [0, 0.05) is 11.6 Å². The molecule has 0 aromatic carbocycles. The second kappa shape index (κ2) is 6.45. The zero-order valence-corrected chi connectivity index (χ0v) is 10.8. The van der Waals surface area contributed by atoms with Crippen LogP contribution in [0.15, 0.2) is 0 Å². The van der Waals surface area contributed by atoms with Gasteiger partial charge in [-0.25, -0.2) is 4.79 Å². The largest absolute Gasteiger partial charge is 0.465 e. The van der Waals surface area contributed by atoms with Gasteiger partial charge >= 0.3 is 5.97 Å². The minimum Gasteiger partial charge on any atom is -0.465 e. The predicted molar refractivity (Wildman–Crippen MR) is 65.9 cm³/mol. The molecule has 0 aliphatic rings. The summed E-state index contributed by atoms with van der Waals surface area (Å²) in [7, 11) is 1.31. The van der Waals surface area contributed by atoms with Gasteiger partial charge in [0.15, 0.2) is 6.29 Å². The lowest BCUT2D eigenvalue weighted by atomic mass is 10.0. The molecule has 0 unspecified atom stereocenters. The minimum absolute atomic E-state index is 0.290. The highest BCUT2D eigenvalue weighted by Crippen LogP contribution is 2.21. The van der Waals surface area contributed by atoms with Gasteiger partial charge in [-0.2, -0.15) is 0 Å². The van der Waals surface area contributed by atoms with Crippen molar-refractivity contribution in [1.82, 2.24) is 4.98 Å². The van der Waals surface area contributed by atoms with Crippen LogP contribution in [0.1, 0.15) is 45.4 Å². The van der Waals surface area contributed by atoms with Gasteiger partial charge in [0.05, 0.1) is 18.4 Å². The van der Waals surface area contributed by atoms with Crippen molar-refractivity contribution in [3.05, 3.63) is 22.5 Å². The van der Waals surface area contributed by atoms with Crippen LogP contribution in [0.5, 0.6) is 0 Å². The first kappa shape index (κ1) is 13.8. The molecule has 0 amide bonds. The molecule has 0 bridgehead atoms. The van der Waals surface area contributed by atoms with E-state index in [0.717, 1.165) is 24.1 Å². The fraction of sp³-hybridized carbons (Fsp3) is 0.500. The number of H-pyrrole nitrogens is 1. The van der Waals surface area contributed by atoms with Gasteiger partial charge in [0.1, 0.15) is 0 Å². The topological polar surface area (TPSA) is 59.2 Å². The maximum Gasteiger partial charge on any atom is 0.340 e. The summed E-state index contributed by atoms with van der Waals surface area (Å²) in [4.78, 5) is 25.5. The Hall–Kier alpha value is -1.29. The number of methoxy groups -OCH3 is 1. The average Bonchev–Trinajstić information content (AvgIpc) is 2.72. The third-order valence-corrected chi connectivity index (χ3v) is 2.91. The van der Waals surface area contributed by atoms with Crippen LogP contribution >= 0.6 is 11.6 Å². The Kier molecular flexibility index (Phi) is 5.22. The summed E-state index contributed by atoms with van der Waals surface area (Å²) < 4.78 is 4.70. The van der Waals surface area contributed by atoms with E-state index in [0.29, 0.717) is 29.8 Å². The number of nitrogens with one attached hydrogen (secondary N) is 1. The summed E-state index contributed by atoms with van der Waals surface area (Å²) in [5.74, 6) is 0.0731. The normalized spacial score (nSPS) is 10.3. The van der Waals surface area contributed by atoms with Crippen LogP contribution in [-0.2, 0) is 17.6 Å². The number of aromatic amines is 1. The number of carbonyl (C=O) groups excluding carboxylic acids is 2. The van der Waals surface area contributed by atoms with E-state index in [1.807, 2.05) is 6.92 Å². The second-order valence-electron chi connectivity index (χ2n) is 3.63. The van der Waals surface area contributed by atoms with Crippen LogP contribution in [0.2, 0.25) is 0 Å². The molecule has 0 saturated carbocycles. The molecule has 94 valence electrons. The molecule has 0 atom stereocenters. The summed E-state index contributed by atoms with van der Waals surface area (Å²) in [6.45, 7) is 1.94. The third-order valence-electron chi connectivity index (χ3n) is 2.64. The minimum atomic E-state index is -0.475. The van der Waals surface area contributed by atoms with Gasteiger partial charge in [0.2, 0.25) is 0 Å². The second-order valence-corrected chi connectivity index (χ2v) is 4.00. The van der Waals surface area contributed by atoms with Crippen molar-refractivity contribution in [2.24, 2.45) is 0 Å². The molecule has 4 nitrogen and oxygen atoms in total. The van der Waals surface area contributed by atoms with Crippen LogP contribution in [0.4, 0.5) is 0 Å². The van der Waals surface area contributed by atoms with Crippen molar-refractivity contribution in [2.45, 2.75) is 26.2 Å². The summed E-state index contributed by atoms with van der Waals surface area (Å²) in [6, 6.07) is 0. The van der Waals surface area contributed by atoms with Crippen LogP contribution in [0.25, 0.3) is 0 Å². The predicted octanol–water partition coefficient (Wildman–Crippen LogP) is 2.35. The average molecular weight is 258 g/mol. The number of halogens is 1. The molecule has 1 aromatic heterocycles. The number of aldehydes is 1. The highest BCUT2D eigenvalue weighted by molar-refractivity contribution is 6.17. The maximum absolute atomic E-state index is 11.6. The molecule has 1 rings (SSSR count). The van der Waals surface area contributed by atoms with E-state index in [4.69, 9.17) is 16.3 Å². The summed E-state index contributed by atoms with van der Waals surface area (Å²) in [6.07, 6.45) is 2.85. The number of alkyl halides is 1. The number of hydrogen-bond acceptors (Lipinski definition) is 3. The van der Waals surface area contributed by atoms with Crippen LogP contribution in [0, 0.1) is 0 Å². The Balaban J connectivity index is 3.20. The van der Waals surface area contributed by atoms with Gasteiger partial charge in [-0.15, -0.1) is 11.6 Å². The van der Waals surface area contributed by atoms with Gasteiger partial charge in [0.25, 0.3) is 0 Å². The molecule has 17 heavy (non-hydrogen) atoms. The highest BCUT2D eigenvalue weighted by Gasteiger charge is 2.21. The first-order valence-corrected chi connectivity index (χ1v) is 6.06. The molecule has 0 fully saturated rings. The number of ether oxygens (including phenoxy) is 1. The smallest absolute Gasteiger partial charge is 0.340 e. The van der Waals surface area contributed by atoms with Gasteiger partial charge < -0.3 is 9.72 Å². The molecule has 0 spiro atoms. The number of rotatable bonds is 6. The number of aryl methyl sites for hydroxylation is 1. The van der Waals surface area contributed by atoms with Gasteiger partial charge in [-0.1, -0.05) is 6.92 Å². The summed E-state index contributed by atoms with van der Waals surface area (Å²) in [5.41, 5.74) is 2.40.